The van der Waals surface area contributed by atoms with Gasteiger partial charge in [0.15, 0.2) is 0 Å². The molecule has 1 aromatic carbocycles. The van der Waals surface area contributed by atoms with E-state index in [9.17, 15) is 4.79 Å². The van der Waals surface area contributed by atoms with Crippen molar-refractivity contribution in [3.05, 3.63) is 47.4 Å². The molecule has 5 heteroatoms. The molecule has 5 nitrogen and oxygen atoms in total. The van der Waals surface area contributed by atoms with Gasteiger partial charge in [-0.05, 0) is 42.5 Å². The summed E-state index contributed by atoms with van der Waals surface area (Å²) in [5.41, 5.74) is 3.02. The van der Waals surface area contributed by atoms with Gasteiger partial charge >= 0.3 is 0 Å². The van der Waals surface area contributed by atoms with Crippen LogP contribution in [0, 0.1) is 0 Å². The molecule has 1 N–H and O–H groups in total. The fourth-order valence-corrected chi connectivity index (χ4v) is 2.35. The highest BCUT2D eigenvalue weighted by Gasteiger charge is 2.12. The molecule has 1 heterocycles. The van der Waals surface area contributed by atoms with E-state index in [0.717, 1.165) is 18.6 Å². The molecule has 1 aromatic heterocycles. The van der Waals surface area contributed by atoms with Crippen LogP contribution >= 0.6 is 0 Å². The van der Waals surface area contributed by atoms with Gasteiger partial charge in [-0.25, -0.2) is 9.97 Å². The molecule has 1 aliphatic carbocycles. The average molecular weight is 269 g/mol. The number of carbonyl (C=O) groups is 1. The van der Waals surface area contributed by atoms with E-state index in [1.54, 1.807) is 7.05 Å². The van der Waals surface area contributed by atoms with E-state index >= 15 is 0 Å². The van der Waals surface area contributed by atoms with Crippen molar-refractivity contribution in [2.24, 2.45) is 0 Å². The zero-order chi connectivity index (χ0) is 13.9. The van der Waals surface area contributed by atoms with Gasteiger partial charge in [0.2, 0.25) is 5.88 Å². The Hall–Kier alpha value is -2.43. The SMILES string of the molecule is CNC(=O)c1cnc(Oc2ccc3c(c2)CCC3)cn1. The van der Waals surface area contributed by atoms with E-state index in [1.807, 2.05) is 6.07 Å². The third-order valence-corrected chi connectivity index (χ3v) is 3.38. The van der Waals surface area contributed by atoms with Gasteiger partial charge in [0.1, 0.15) is 11.4 Å². The van der Waals surface area contributed by atoms with Gasteiger partial charge in [-0.2, -0.15) is 0 Å². The van der Waals surface area contributed by atoms with Gasteiger partial charge in [-0.1, -0.05) is 6.07 Å². The van der Waals surface area contributed by atoms with Crippen LogP contribution in [0.5, 0.6) is 11.6 Å². The molecule has 2 aromatic rings. The molecule has 3 rings (SSSR count). The zero-order valence-electron chi connectivity index (χ0n) is 11.2. The standard InChI is InChI=1S/C15H15N3O2/c1-16-15(19)13-8-18-14(9-17-13)20-12-6-5-10-3-2-4-11(10)7-12/h5-9H,2-4H2,1H3,(H,16,19). The Bertz CT molecular complexity index is 638. The lowest BCUT2D eigenvalue weighted by Gasteiger charge is -2.07. The highest BCUT2D eigenvalue weighted by molar-refractivity contribution is 5.91. The predicted molar refractivity (Wildman–Crippen MR) is 74.0 cm³/mol. The quantitative estimate of drug-likeness (QED) is 0.927. The maximum absolute atomic E-state index is 11.4. The van der Waals surface area contributed by atoms with Crippen LogP contribution in [0.15, 0.2) is 30.6 Å². The number of nitrogens with zero attached hydrogens (tertiary/aromatic N) is 2. The van der Waals surface area contributed by atoms with Crippen LogP contribution in [0.3, 0.4) is 0 Å². The first-order valence-electron chi connectivity index (χ1n) is 6.60. The largest absolute Gasteiger partial charge is 0.437 e. The molecule has 20 heavy (non-hydrogen) atoms. The zero-order valence-corrected chi connectivity index (χ0v) is 11.2. The molecule has 0 saturated heterocycles. The second-order valence-electron chi connectivity index (χ2n) is 4.71. The molecule has 0 unspecified atom stereocenters. The highest BCUT2D eigenvalue weighted by atomic mass is 16.5. The van der Waals surface area contributed by atoms with Gasteiger partial charge in [-0.15, -0.1) is 0 Å². The normalized spacial score (nSPS) is 12.8. The number of aromatic nitrogens is 2. The fraction of sp³-hybridized carbons (Fsp3) is 0.267. The molecule has 0 bridgehead atoms. The summed E-state index contributed by atoms with van der Waals surface area (Å²) in [5, 5.41) is 2.50. The molecule has 0 fully saturated rings. The van der Waals surface area contributed by atoms with Crippen LogP contribution in [-0.4, -0.2) is 22.9 Å². The first-order chi connectivity index (χ1) is 9.76. The van der Waals surface area contributed by atoms with Crippen molar-refractivity contribution in [3.8, 4) is 11.6 Å². The minimum Gasteiger partial charge on any atom is -0.437 e. The van der Waals surface area contributed by atoms with E-state index in [-0.39, 0.29) is 11.6 Å². The van der Waals surface area contributed by atoms with Crippen LogP contribution < -0.4 is 10.1 Å². The topological polar surface area (TPSA) is 64.1 Å². The lowest BCUT2D eigenvalue weighted by atomic mass is 10.1. The fourth-order valence-electron chi connectivity index (χ4n) is 2.35. The average Bonchev–Trinajstić information content (AvgIpc) is 2.95. The van der Waals surface area contributed by atoms with Crippen molar-refractivity contribution < 1.29 is 9.53 Å². The minimum absolute atomic E-state index is 0.262. The summed E-state index contributed by atoms with van der Waals surface area (Å²) in [6.45, 7) is 0. The van der Waals surface area contributed by atoms with Crippen molar-refractivity contribution in [1.82, 2.24) is 15.3 Å². The Morgan fingerprint density at radius 2 is 2.05 bits per heavy atom. The van der Waals surface area contributed by atoms with Crippen LogP contribution in [-0.2, 0) is 12.8 Å². The van der Waals surface area contributed by atoms with Crippen molar-refractivity contribution in [2.75, 3.05) is 7.05 Å². The summed E-state index contributed by atoms with van der Waals surface area (Å²) in [6.07, 6.45) is 6.32. The molecule has 0 radical (unpaired) electrons. The smallest absolute Gasteiger partial charge is 0.271 e. The predicted octanol–water partition coefficient (Wildman–Crippen LogP) is 2.12. The number of ether oxygens (including phenoxy) is 1. The Morgan fingerprint density at radius 3 is 2.80 bits per heavy atom. The summed E-state index contributed by atoms with van der Waals surface area (Å²) in [5.74, 6) is 0.879. The van der Waals surface area contributed by atoms with Crippen LogP contribution in [0.25, 0.3) is 0 Å². The number of fused-ring (bicyclic) bond motifs is 1. The Kier molecular flexibility index (Phi) is 3.33. The Balaban J connectivity index is 1.76. The summed E-state index contributed by atoms with van der Waals surface area (Å²) in [7, 11) is 1.55. The van der Waals surface area contributed by atoms with Crippen LogP contribution in [0.2, 0.25) is 0 Å². The minimum atomic E-state index is -0.262. The van der Waals surface area contributed by atoms with Crippen molar-refractivity contribution in [1.29, 1.82) is 0 Å². The molecule has 0 spiro atoms. The number of hydrogen-bond acceptors (Lipinski definition) is 4. The van der Waals surface area contributed by atoms with E-state index in [2.05, 4.69) is 27.4 Å². The molecule has 102 valence electrons. The molecular formula is C15H15N3O2. The molecule has 0 aliphatic heterocycles. The third-order valence-electron chi connectivity index (χ3n) is 3.38. The summed E-state index contributed by atoms with van der Waals surface area (Å²) in [4.78, 5) is 19.5. The van der Waals surface area contributed by atoms with Gasteiger partial charge in [-0.3, -0.25) is 4.79 Å². The van der Waals surface area contributed by atoms with Crippen molar-refractivity contribution in [3.63, 3.8) is 0 Å². The highest BCUT2D eigenvalue weighted by Crippen LogP contribution is 2.28. The molecular weight excluding hydrogens is 254 g/mol. The van der Waals surface area contributed by atoms with Gasteiger partial charge < -0.3 is 10.1 Å². The van der Waals surface area contributed by atoms with E-state index < -0.39 is 0 Å². The number of carbonyl (C=O) groups excluding carboxylic acids is 1. The maximum Gasteiger partial charge on any atom is 0.271 e. The molecule has 1 aliphatic rings. The maximum atomic E-state index is 11.4. The number of rotatable bonds is 3. The van der Waals surface area contributed by atoms with Gasteiger partial charge in [0.05, 0.1) is 12.4 Å². The van der Waals surface area contributed by atoms with Crippen LogP contribution in [0.1, 0.15) is 28.0 Å². The Morgan fingerprint density at radius 1 is 1.20 bits per heavy atom. The van der Waals surface area contributed by atoms with Crippen molar-refractivity contribution in [2.45, 2.75) is 19.3 Å². The third kappa shape index (κ3) is 2.47. The molecule has 1 amide bonds. The van der Waals surface area contributed by atoms with E-state index in [0.29, 0.717) is 5.88 Å². The second kappa shape index (κ2) is 5.28. The number of hydrogen-bond donors (Lipinski definition) is 1. The van der Waals surface area contributed by atoms with Gasteiger partial charge in [0.25, 0.3) is 5.91 Å². The second-order valence-corrected chi connectivity index (χ2v) is 4.71. The summed E-state index contributed by atoms with van der Waals surface area (Å²) < 4.78 is 5.67. The van der Waals surface area contributed by atoms with Crippen molar-refractivity contribution >= 4 is 5.91 Å². The Labute approximate surface area is 117 Å². The molecule has 0 atom stereocenters. The van der Waals surface area contributed by atoms with Crippen LogP contribution in [0.4, 0.5) is 0 Å². The lowest BCUT2D eigenvalue weighted by molar-refractivity contribution is 0.0957. The number of nitrogens with one attached hydrogen (secondary N) is 1. The number of amides is 1. The first-order valence-corrected chi connectivity index (χ1v) is 6.60. The van der Waals surface area contributed by atoms with E-state index in [4.69, 9.17) is 4.74 Å². The summed E-state index contributed by atoms with van der Waals surface area (Å²) >= 11 is 0. The first kappa shape index (κ1) is 12.6. The number of benzene rings is 1. The monoisotopic (exact) mass is 269 g/mol. The summed E-state index contributed by atoms with van der Waals surface area (Å²) in [6, 6.07) is 6.10. The molecule has 0 saturated carbocycles. The van der Waals surface area contributed by atoms with E-state index in [1.165, 1.54) is 29.9 Å². The number of aryl methyl sites for hydroxylation is 2. The van der Waals surface area contributed by atoms with Gasteiger partial charge in [0, 0.05) is 7.05 Å². The lowest BCUT2D eigenvalue weighted by Crippen LogP contribution is -2.19.